The van der Waals surface area contributed by atoms with Crippen LogP contribution in [0, 0.1) is 5.92 Å². The van der Waals surface area contributed by atoms with Gasteiger partial charge < -0.3 is 5.32 Å². The topological polar surface area (TPSA) is 50.7 Å². The van der Waals surface area contributed by atoms with Gasteiger partial charge in [0.1, 0.15) is 5.82 Å². The fourth-order valence-electron chi connectivity index (χ4n) is 1.93. The van der Waals surface area contributed by atoms with E-state index in [2.05, 4.69) is 52.0 Å². The highest BCUT2D eigenvalue weighted by Gasteiger charge is 2.14. The Bertz CT molecular complexity index is 570. The summed E-state index contributed by atoms with van der Waals surface area (Å²) in [5.41, 5.74) is 2.02. The van der Waals surface area contributed by atoms with Gasteiger partial charge in [-0.15, -0.1) is 0 Å². The van der Waals surface area contributed by atoms with Gasteiger partial charge in [-0.25, -0.2) is 9.97 Å². The Morgan fingerprint density at radius 1 is 1.20 bits per heavy atom. The molecule has 0 aliphatic rings. The van der Waals surface area contributed by atoms with Crippen LogP contribution in [0.3, 0.4) is 0 Å². The Morgan fingerprint density at radius 3 is 2.50 bits per heavy atom. The second kappa shape index (κ2) is 6.79. The van der Waals surface area contributed by atoms with E-state index in [4.69, 9.17) is 4.98 Å². The average Bonchev–Trinajstić information content (AvgIpc) is 2.44. The van der Waals surface area contributed by atoms with Crippen LogP contribution in [0.4, 0.5) is 5.82 Å². The van der Waals surface area contributed by atoms with Crippen molar-refractivity contribution in [1.82, 2.24) is 15.0 Å². The van der Waals surface area contributed by atoms with Crippen LogP contribution in [0.5, 0.6) is 0 Å². The number of aromatic nitrogens is 3. The lowest BCUT2D eigenvalue weighted by atomic mass is 10.1. The molecule has 2 aromatic rings. The molecule has 4 nitrogen and oxygen atoms in total. The fraction of sp³-hybridized carbons (Fsp3) is 0.400. The van der Waals surface area contributed by atoms with E-state index in [1.54, 1.807) is 12.4 Å². The molecule has 20 heavy (non-hydrogen) atoms. The van der Waals surface area contributed by atoms with Crippen molar-refractivity contribution in [1.29, 1.82) is 0 Å². The highest BCUT2D eigenvalue weighted by molar-refractivity contribution is 9.10. The van der Waals surface area contributed by atoms with Crippen LogP contribution in [-0.2, 0) is 6.42 Å². The molecule has 0 saturated heterocycles. The molecule has 2 heterocycles. The van der Waals surface area contributed by atoms with Crippen molar-refractivity contribution in [3.05, 3.63) is 34.7 Å². The Kier molecular flexibility index (Phi) is 5.06. The molecular formula is C15H19BrN4. The number of anilines is 1. The van der Waals surface area contributed by atoms with Crippen LogP contribution in [0.1, 0.15) is 26.5 Å². The molecular weight excluding hydrogens is 316 g/mol. The summed E-state index contributed by atoms with van der Waals surface area (Å²) in [7, 11) is 0. The molecule has 0 aliphatic carbocycles. The molecule has 0 aromatic carbocycles. The van der Waals surface area contributed by atoms with Crippen molar-refractivity contribution >= 4 is 21.7 Å². The van der Waals surface area contributed by atoms with Crippen LogP contribution >= 0.6 is 15.9 Å². The molecule has 0 saturated carbocycles. The van der Waals surface area contributed by atoms with E-state index in [0.29, 0.717) is 5.92 Å². The van der Waals surface area contributed by atoms with Crippen LogP contribution in [0.15, 0.2) is 29.0 Å². The normalized spacial score (nSPS) is 10.8. The van der Waals surface area contributed by atoms with E-state index in [0.717, 1.165) is 40.3 Å². The van der Waals surface area contributed by atoms with Crippen LogP contribution in [-0.4, -0.2) is 21.5 Å². The third-order valence-electron chi connectivity index (χ3n) is 2.80. The molecule has 0 fully saturated rings. The van der Waals surface area contributed by atoms with E-state index in [1.807, 2.05) is 12.1 Å². The van der Waals surface area contributed by atoms with Crippen LogP contribution in [0.2, 0.25) is 0 Å². The monoisotopic (exact) mass is 334 g/mol. The first-order valence-electron chi connectivity index (χ1n) is 6.82. The second-order valence-electron chi connectivity index (χ2n) is 5.02. The number of nitrogens with one attached hydrogen (secondary N) is 1. The minimum atomic E-state index is 0.543. The lowest BCUT2D eigenvalue weighted by molar-refractivity contribution is 0.632. The molecule has 2 aromatic heterocycles. The van der Waals surface area contributed by atoms with Gasteiger partial charge in [-0.05, 0) is 47.3 Å². The van der Waals surface area contributed by atoms with Gasteiger partial charge in [0.15, 0.2) is 5.82 Å². The first kappa shape index (κ1) is 14.9. The SMILES string of the molecule is CCNc1nc(-c2ccncc2)nc(CC(C)C)c1Br. The molecule has 2 rings (SSSR count). The summed E-state index contributed by atoms with van der Waals surface area (Å²) in [6, 6.07) is 3.86. The van der Waals surface area contributed by atoms with Crippen molar-refractivity contribution in [3.8, 4) is 11.4 Å². The maximum Gasteiger partial charge on any atom is 0.161 e. The third-order valence-corrected chi connectivity index (χ3v) is 3.64. The van der Waals surface area contributed by atoms with E-state index < -0.39 is 0 Å². The van der Waals surface area contributed by atoms with Gasteiger partial charge in [-0.3, -0.25) is 4.98 Å². The van der Waals surface area contributed by atoms with Gasteiger partial charge in [0, 0.05) is 24.5 Å². The molecule has 0 radical (unpaired) electrons. The predicted octanol–water partition coefficient (Wildman–Crippen LogP) is 3.93. The average molecular weight is 335 g/mol. The lowest BCUT2D eigenvalue weighted by Gasteiger charge is -2.13. The Balaban J connectivity index is 2.49. The molecule has 106 valence electrons. The summed E-state index contributed by atoms with van der Waals surface area (Å²) < 4.78 is 0.964. The molecule has 5 heteroatoms. The van der Waals surface area contributed by atoms with Gasteiger partial charge in [0.05, 0.1) is 10.2 Å². The minimum Gasteiger partial charge on any atom is -0.369 e. The summed E-state index contributed by atoms with van der Waals surface area (Å²) in [4.78, 5) is 13.3. The Labute approximate surface area is 128 Å². The largest absolute Gasteiger partial charge is 0.369 e. The lowest BCUT2D eigenvalue weighted by Crippen LogP contribution is -2.08. The van der Waals surface area contributed by atoms with E-state index in [9.17, 15) is 0 Å². The highest BCUT2D eigenvalue weighted by Crippen LogP contribution is 2.28. The van der Waals surface area contributed by atoms with Crippen LogP contribution < -0.4 is 5.32 Å². The number of pyridine rings is 1. The summed E-state index contributed by atoms with van der Waals surface area (Å²) in [6.07, 6.45) is 4.44. The van der Waals surface area contributed by atoms with Gasteiger partial charge in [0.25, 0.3) is 0 Å². The zero-order chi connectivity index (χ0) is 14.5. The van der Waals surface area contributed by atoms with Gasteiger partial charge in [-0.1, -0.05) is 13.8 Å². The molecule has 0 atom stereocenters. The smallest absolute Gasteiger partial charge is 0.161 e. The highest BCUT2D eigenvalue weighted by atomic mass is 79.9. The van der Waals surface area contributed by atoms with Crippen molar-refractivity contribution in [3.63, 3.8) is 0 Å². The Hall–Kier alpha value is -1.49. The first-order valence-corrected chi connectivity index (χ1v) is 7.61. The van der Waals surface area contributed by atoms with Crippen molar-refractivity contribution in [2.75, 3.05) is 11.9 Å². The number of hydrogen-bond acceptors (Lipinski definition) is 4. The maximum atomic E-state index is 4.70. The zero-order valence-corrected chi connectivity index (χ0v) is 13.6. The molecule has 0 spiro atoms. The predicted molar refractivity (Wildman–Crippen MR) is 85.7 cm³/mol. The van der Waals surface area contributed by atoms with Gasteiger partial charge in [0.2, 0.25) is 0 Å². The van der Waals surface area contributed by atoms with E-state index in [1.165, 1.54) is 0 Å². The summed E-state index contributed by atoms with van der Waals surface area (Å²) in [5, 5.41) is 3.29. The minimum absolute atomic E-state index is 0.543. The number of hydrogen-bond donors (Lipinski definition) is 1. The van der Waals surface area contributed by atoms with E-state index >= 15 is 0 Å². The summed E-state index contributed by atoms with van der Waals surface area (Å²) >= 11 is 3.62. The standard InChI is InChI=1S/C15H19BrN4/c1-4-18-15-13(16)12(9-10(2)3)19-14(20-15)11-5-7-17-8-6-11/h5-8,10H,4,9H2,1-3H3,(H,18,19,20). The summed E-state index contributed by atoms with van der Waals surface area (Å²) in [5.74, 6) is 2.13. The van der Waals surface area contributed by atoms with E-state index in [-0.39, 0.29) is 0 Å². The number of rotatable bonds is 5. The molecule has 0 unspecified atom stereocenters. The maximum absolute atomic E-state index is 4.70. The molecule has 0 amide bonds. The zero-order valence-electron chi connectivity index (χ0n) is 12.0. The molecule has 1 N–H and O–H groups in total. The fourth-order valence-corrected chi connectivity index (χ4v) is 2.41. The Morgan fingerprint density at radius 2 is 1.90 bits per heavy atom. The van der Waals surface area contributed by atoms with Gasteiger partial charge in [-0.2, -0.15) is 0 Å². The van der Waals surface area contributed by atoms with Crippen molar-refractivity contribution < 1.29 is 0 Å². The molecule has 0 bridgehead atoms. The second-order valence-corrected chi connectivity index (χ2v) is 5.81. The first-order chi connectivity index (χ1) is 9.61. The number of nitrogens with zero attached hydrogens (tertiary/aromatic N) is 3. The summed E-state index contributed by atoms with van der Waals surface area (Å²) in [6.45, 7) is 7.26. The quantitative estimate of drug-likeness (QED) is 0.899. The third kappa shape index (κ3) is 3.54. The van der Waals surface area contributed by atoms with Crippen LogP contribution in [0.25, 0.3) is 11.4 Å². The number of halogens is 1. The van der Waals surface area contributed by atoms with Crippen molar-refractivity contribution in [2.24, 2.45) is 5.92 Å². The van der Waals surface area contributed by atoms with Gasteiger partial charge >= 0.3 is 0 Å². The van der Waals surface area contributed by atoms with Crippen molar-refractivity contribution in [2.45, 2.75) is 27.2 Å². The molecule has 0 aliphatic heterocycles.